The molecule has 0 radical (unpaired) electrons. The summed E-state index contributed by atoms with van der Waals surface area (Å²) < 4.78 is 5.50. The number of aromatic nitrogens is 4. The first-order valence-electron chi connectivity index (χ1n) is 8.26. The predicted molar refractivity (Wildman–Crippen MR) is 96.8 cm³/mol. The quantitative estimate of drug-likeness (QED) is 0.729. The summed E-state index contributed by atoms with van der Waals surface area (Å²) in [5, 5.41) is 4.19. The van der Waals surface area contributed by atoms with Crippen molar-refractivity contribution in [2.24, 2.45) is 0 Å². The minimum atomic E-state index is 0.203. The van der Waals surface area contributed by atoms with Crippen molar-refractivity contribution < 1.29 is 4.74 Å². The highest BCUT2D eigenvalue weighted by Gasteiger charge is 2.23. The maximum absolute atomic E-state index is 6.05. The smallest absolute Gasteiger partial charge is 0.182 e. The van der Waals surface area contributed by atoms with E-state index in [9.17, 15) is 0 Å². The fraction of sp³-hybridized carbons (Fsp3) is 0.353. The number of halogens is 1. The molecule has 7 nitrogen and oxygen atoms in total. The van der Waals surface area contributed by atoms with E-state index in [-0.39, 0.29) is 6.04 Å². The van der Waals surface area contributed by atoms with Crippen molar-refractivity contribution in [3.63, 3.8) is 0 Å². The highest BCUT2D eigenvalue weighted by Crippen LogP contribution is 2.25. The molecule has 1 saturated heterocycles. The van der Waals surface area contributed by atoms with Crippen molar-refractivity contribution in [3.05, 3.63) is 47.5 Å². The van der Waals surface area contributed by atoms with Crippen LogP contribution in [0.15, 0.2) is 36.9 Å². The Bertz CT molecular complexity index is 831. The lowest BCUT2D eigenvalue weighted by atomic mass is 10.0. The lowest BCUT2D eigenvalue weighted by Crippen LogP contribution is -2.41. The SMILES string of the molecule is Clc1ccc(C(CNc2ncnc3nc[nH]c23)N2CCOCC2)cc1. The second-order valence-electron chi connectivity index (χ2n) is 5.92. The summed E-state index contributed by atoms with van der Waals surface area (Å²) in [4.78, 5) is 18.2. The van der Waals surface area contributed by atoms with Crippen LogP contribution in [0, 0.1) is 0 Å². The number of ether oxygens (including phenoxy) is 1. The van der Waals surface area contributed by atoms with Crippen LogP contribution in [0.3, 0.4) is 0 Å². The molecule has 3 aromatic rings. The minimum Gasteiger partial charge on any atom is -0.379 e. The van der Waals surface area contributed by atoms with Gasteiger partial charge in [-0.25, -0.2) is 15.0 Å². The van der Waals surface area contributed by atoms with Crippen molar-refractivity contribution in [3.8, 4) is 0 Å². The normalized spacial score (nSPS) is 16.8. The Hall–Kier alpha value is -2.22. The molecule has 0 amide bonds. The molecule has 0 spiro atoms. The molecule has 0 bridgehead atoms. The van der Waals surface area contributed by atoms with Crippen molar-refractivity contribution in [2.75, 3.05) is 38.2 Å². The van der Waals surface area contributed by atoms with Crippen LogP contribution in [0.5, 0.6) is 0 Å². The van der Waals surface area contributed by atoms with Gasteiger partial charge in [-0.2, -0.15) is 0 Å². The first-order valence-corrected chi connectivity index (χ1v) is 8.64. The average Bonchev–Trinajstić information content (AvgIpc) is 3.14. The van der Waals surface area contributed by atoms with Gasteiger partial charge in [0.25, 0.3) is 0 Å². The summed E-state index contributed by atoms with van der Waals surface area (Å²) in [6, 6.07) is 8.23. The summed E-state index contributed by atoms with van der Waals surface area (Å²) in [6.07, 6.45) is 3.15. The van der Waals surface area contributed by atoms with Gasteiger partial charge in [-0.15, -0.1) is 0 Å². The largest absolute Gasteiger partial charge is 0.379 e. The van der Waals surface area contributed by atoms with Gasteiger partial charge >= 0.3 is 0 Å². The Morgan fingerprint density at radius 3 is 2.76 bits per heavy atom. The van der Waals surface area contributed by atoms with E-state index in [1.807, 2.05) is 12.1 Å². The zero-order chi connectivity index (χ0) is 17.1. The van der Waals surface area contributed by atoms with Crippen LogP contribution in [0.4, 0.5) is 5.82 Å². The monoisotopic (exact) mass is 358 g/mol. The molecule has 1 aromatic carbocycles. The number of fused-ring (bicyclic) bond motifs is 1. The molecule has 2 aromatic heterocycles. The molecule has 1 fully saturated rings. The molecule has 4 rings (SSSR count). The van der Waals surface area contributed by atoms with Crippen LogP contribution >= 0.6 is 11.6 Å². The average molecular weight is 359 g/mol. The number of aromatic amines is 1. The van der Waals surface area contributed by atoms with Crippen LogP contribution in [-0.2, 0) is 4.74 Å². The number of benzene rings is 1. The van der Waals surface area contributed by atoms with E-state index in [1.165, 1.54) is 11.9 Å². The van der Waals surface area contributed by atoms with Crippen LogP contribution in [-0.4, -0.2) is 57.7 Å². The summed E-state index contributed by atoms with van der Waals surface area (Å²) >= 11 is 6.05. The fourth-order valence-corrected chi connectivity index (χ4v) is 3.25. The summed E-state index contributed by atoms with van der Waals surface area (Å²) in [5.74, 6) is 0.759. The zero-order valence-corrected chi connectivity index (χ0v) is 14.4. The lowest BCUT2D eigenvalue weighted by molar-refractivity contribution is 0.0187. The van der Waals surface area contributed by atoms with Crippen LogP contribution in [0.2, 0.25) is 5.02 Å². The summed E-state index contributed by atoms with van der Waals surface area (Å²) in [7, 11) is 0. The topological polar surface area (TPSA) is 79.0 Å². The van der Waals surface area contributed by atoms with Gasteiger partial charge in [0.05, 0.1) is 25.6 Å². The first-order chi connectivity index (χ1) is 12.3. The second kappa shape index (κ2) is 7.35. The third-order valence-electron chi connectivity index (χ3n) is 4.43. The molecule has 1 aliphatic rings. The van der Waals surface area contributed by atoms with E-state index >= 15 is 0 Å². The molecule has 0 aliphatic carbocycles. The van der Waals surface area contributed by atoms with Crippen LogP contribution < -0.4 is 5.32 Å². The number of nitrogens with one attached hydrogen (secondary N) is 2. The third kappa shape index (κ3) is 3.58. The van der Waals surface area contributed by atoms with E-state index in [2.05, 4.69) is 42.3 Å². The molecular formula is C17H19ClN6O. The standard InChI is InChI=1S/C17H19ClN6O/c18-13-3-1-12(2-4-13)14(24-5-7-25-8-6-24)9-19-16-15-17(21-10-20-15)23-11-22-16/h1-4,10-11,14H,5-9H2,(H2,19,20,21,22,23). The van der Waals surface area contributed by atoms with Crippen LogP contribution in [0.25, 0.3) is 11.2 Å². The minimum absolute atomic E-state index is 0.203. The van der Waals surface area contributed by atoms with E-state index in [0.29, 0.717) is 12.2 Å². The molecule has 130 valence electrons. The number of H-pyrrole nitrogens is 1. The number of nitrogens with zero attached hydrogens (tertiary/aromatic N) is 4. The molecule has 1 unspecified atom stereocenters. The zero-order valence-electron chi connectivity index (χ0n) is 13.7. The van der Waals surface area contributed by atoms with Gasteiger partial charge in [-0.1, -0.05) is 23.7 Å². The van der Waals surface area contributed by atoms with Gasteiger partial charge in [0.15, 0.2) is 11.5 Å². The number of hydrogen-bond donors (Lipinski definition) is 2. The van der Waals surface area contributed by atoms with Gasteiger partial charge in [0.1, 0.15) is 11.8 Å². The van der Waals surface area contributed by atoms with E-state index < -0.39 is 0 Å². The highest BCUT2D eigenvalue weighted by molar-refractivity contribution is 6.30. The number of morpholine rings is 1. The Kier molecular flexibility index (Phi) is 4.78. The summed E-state index contributed by atoms with van der Waals surface area (Å²) in [5.41, 5.74) is 2.69. The lowest BCUT2D eigenvalue weighted by Gasteiger charge is -2.35. The Morgan fingerprint density at radius 1 is 1.16 bits per heavy atom. The van der Waals surface area contributed by atoms with Gasteiger partial charge in [-0.05, 0) is 17.7 Å². The Morgan fingerprint density at radius 2 is 1.96 bits per heavy atom. The molecule has 1 atom stereocenters. The molecular weight excluding hydrogens is 340 g/mol. The molecule has 3 heterocycles. The highest BCUT2D eigenvalue weighted by atomic mass is 35.5. The van der Waals surface area contributed by atoms with Crippen LogP contribution in [0.1, 0.15) is 11.6 Å². The van der Waals surface area contributed by atoms with Crippen molar-refractivity contribution in [2.45, 2.75) is 6.04 Å². The van der Waals surface area contributed by atoms with Crippen molar-refractivity contribution in [1.82, 2.24) is 24.8 Å². The number of hydrogen-bond acceptors (Lipinski definition) is 6. The van der Waals surface area contributed by atoms with E-state index in [4.69, 9.17) is 16.3 Å². The number of imidazole rings is 1. The van der Waals surface area contributed by atoms with Gasteiger partial charge in [0, 0.05) is 24.7 Å². The molecule has 1 aliphatic heterocycles. The van der Waals surface area contributed by atoms with E-state index in [1.54, 1.807) is 6.33 Å². The Balaban J connectivity index is 1.57. The fourth-order valence-electron chi connectivity index (χ4n) is 3.12. The third-order valence-corrected chi connectivity index (χ3v) is 4.68. The summed E-state index contributed by atoms with van der Waals surface area (Å²) in [6.45, 7) is 4.02. The molecule has 0 saturated carbocycles. The first kappa shape index (κ1) is 16.3. The molecule has 25 heavy (non-hydrogen) atoms. The second-order valence-corrected chi connectivity index (χ2v) is 6.36. The maximum atomic E-state index is 6.05. The van der Waals surface area contributed by atoms with Gasteiger partial charge in [-0.3, -0.25) is 4.90 Å². The van der Waals surface area contributed by atoms with Gasteiger partial charge in [0.2, 0.25) is 0 Å². The van der Waals surface area contributed by atoms with Crippen molar-refractivity contribution >= 4 is 28.6 Å². The number of anilines is 1. The maximum Gasteiger partial charge on any atom is 0.182 e. The Labute approximate surface area is 150 Å². The number of rotatable bonds is 5. The predicted octanol–water partition coefficient (Wildman–Crippen LogP) is 2.49. The van der Waals surface area contributed by atoms with E-state index in [0.717, 1.165) is 42.7 Å². The molecule has 2 N–H and O–H groups in total. The van der Waals surface area contributed by atoms with Gasteiger partial charge < -0.3 is 15.0 Å². The molecule has 8 heteroatoms. The van der Waals surface area contributed by atoms with Crippen molar-refractivity contribution in [1.29, 1.82) is 0 Å².